The molecule has 2 aliphatic rings. The Bertz CT molecular complexity index is 2310. The third-order valence-corrected chi connectivity index (χ3v) is 7.60. The molecule has 1 amide bonds. The number of non-ortho nitro benzene ring substituents is 1. The number of hydrogen-bond acceptors (Lipinski definition) is 15. The van der Waals surface area contributed by atoms with Crippen molar-refractivity contribution in [1.29, 1.82) is 0 Å². The first kappa shape index (κ1) is 43.3. The van der Waals surface area contributed by atoms with Crippen LogP contribution in [0.25, 0.3) is 5.69 Å². The summed E-state index contributed by atoms with van der Waals surface area (Å²) in [7, 11) is 0. The van der Waals surface area contributed by atoms with Crippen molar-refractivity contribution in [2.45, 2.75) is 13.8 Å². The number of rotatable bonds is 7. The van der Waals surface area contributed by atoms with Gasteiger partial charge in [-0.25, -0.2) is 4.68 Å². The second kappa shape index (κ2) is 18.8. The van der Waals surface area contributed by atoms with E-state index < -0.39 is 33.5 Å². The molecule has 54 heavy (non-hydrogen) atoms. The van der Waals surface area contributed by atoms with E-state index in [1.165, 1.54) is 0 Å². The molecule has 1 aliphatic heterocycles. The summed E-state index contributed by atoms with van der Waals surface area (Å²) in [6, 6.07) is 16.4. The Morgan fingerprint density at radius 2 is 1.50 bits per heavy atom. The third kappa shape index (κ3) is 9.72. The number of carbonyl (C=O) groups excluding carboxylic acids is 2. The maximum absolute atomic E-state index is 12.5. The minimum Gasteiger partial charge on any atom is -0.871 e. The zero-order valence-corrected chi connectivity index (χ0v) is 32.8. The SMILES string of the molecule is CC1=NN(c2ccccc2Cl)C(=O)C1=NN=C1C=C(N([O-])[O-])C=CC1=O.Cc1nn(-c2ccccc2Cl)c([O-])c1N=Nc1cc([N+](=O)[O-])ccc1[O-].[Cr+3].[Na+]. The van der Waals surface area contributed by atoms with Crippen LogP contribution in [0.4, 0.5) is 22.7 Å². The Balaban J connectivity index is 0.000000280. The minimum absolute atomic E-state index is 0. The summed E-state index contributed by atoms with van der Waals surface area (Å²) >= 11 is 12.1. The number of hydrogen-bond donors (Lipinski definition) is 0. The molecule has 0 saturated carbocycles. The van der Waals surface area contributed by atoms with Gasteiger partial charge < -0.3 is 25.9 Å². The van der Waals surface area contributed by atoms with Crippen LogP contribution in [-0.4, -0.2) is 48.8 Å². The average molecular weight is 818 g/mol. The molecule has 1 aromatic heterocycles. The van der Waals surface area contributed by atoms with Gasteiger partial charge in [0.05, 0.1) is 43.4 Å². The number of nitro benzene ring substituents is 1. The first-order valence-electron chi connectivity index (χ1n) is 14.5. The Morgan fingerprint density at radius 3 is 2.11 bits per heavy atom. The van der Waals surface area contributed by atoms with Crippen molar-refractivity contribution in [2.24, 2.45) is 25.5 Å². The summed E-state index contributed by atoms with van der Waals surface area (Å²) < 4.78 is 1.08. The van der Waals surface area contributed by atoms with E-state index in [2.05, 4.69) is 30.6 Å². The molecule has 1 aliphatic carbocycles. The zero-order chi connectivity index (χ0) is 37.7. The average Bonchev–Trinajstić information content (AvgIpc) is 3.56. The van der Waals surface area contributed by atoms with Gasteiger partial charge in [0.15, 0.2) is 5.71 Å². The van der Waals surface area contributed by atoms with Crippen molar-refractivity contribution in [3.63, 3.8) is 0 Å². The Kier molecular flexibility index (Phi) is 15.1. The summed E-state index contributed by atoms with van der Waals surface area (Å²) in [5.74, 6) is -2.25. The predicted molar refractivity (Wildman–Crippen MR) is 187 cm³/mol. The van der Waals surface area contributed by atoms with Crippen molar-refractivity contribution in [2.75, 3.05) is 5.01 Å². The van der Waals surface area contributed by atoms with E-state index in [0.29, 0.717) is 21.4 Å². The monoisotopic (exact) mass is 817 g/mol. The molecule has 0 unspecified atom stereocenters. The number of hydrazone groups is 1. The molecule has 22 heteroatoms. The minimum atomic E-state index is -0.655. The van der Waals surface area contributed by atoms with Crippen LogP contribution in [0, 0.1) is 27.5 Å². The molecule has 1 radical (unpaired) electrons. The smallest absolute Gasteiger partial charge is 0.871 e. The van der Waals surface area contributed by atoms with Crippen LogP contribution >= 0.6 is 23.2 Å². The molecule has 6 rings (SSSR count). The number of azo groups is 1. The molecular weight excluding hydrogens is 798 g/mol. The van der Waals surface area contributed by atoms with Crippen LogP contribution in [0.2, 0.25) is 10.0 Å². The van der Waals surface area contributed by atoms with E-state index in [0.717, 1.165) is 46.1 Å². The predicted octanol–water partition coefficient (Wildman–Crippen LogP) is 2.49. The number of aromatic nitrogens is 2. The molecule has 0 saturated heterocycles. The van der Waals surface area contributed by atoms with E-state index in [-0.39, 0.29) is 92.5 Å². The Morgan fingerprint density at radius 1 is 0.870 bits per heavy atom. The number of halogens is 2. The number of para-hydroxylation sites is 2. The first-order valence-corrected chi connectivity index (χ1v) is 15.3. The second-order valence-electron chi connectivity index (χ2n) is 10.4. The Labute approximate surface area is 347 Å². The molecular formula is C32H20Cl2CrN10NaO8. The fourth-order valence-electron chi connectivity index (χ4n) is 4.40. The molecule has 2 heterocycles. The number of carbonyl (C=O) groups is 2. The molecule has 3 aromatic carbocycles. The van der Waals surface area contributed by atoms with Gasteiger partial charge in [-0.15, -0.1) is 15.3 Å². The van der Waals surface area contributed by atoms with Crippen molar-refractivity contribution >= 4 is 74.8 Å². The number of allylic oxidation sites excluding steroid dienone is 3. The van der Waals surface area contributed by atoms with Crippen molar-refractivity contribution in [1.82, 2.24) is 15.0 Å². The Hall–Kier alpha value is -5.07. The number of anilines is 1. The molecule has 0 N–H and O–H groups in total. The quantitative estimate of drug-likeness (QED) is 0.0865. The number of hydroxylamine groups is 2. The molecule has 0 spiro atoms. The van der Waals surface area contributed by atoms with Crippen LogP contribution in [0.5, 0.6) is 11.6 Å². The van der Waals surface area contributed by atoms with E-state index in [9.17, 15) is 40.3 Å². The maximum Gasteiger partial charge on any atom is 3.00 e. The topological polar surface area (TPSA) is 256 Å². The number of nitro groups is 1. The molecule has 0 fully saturated rings. The maximum atomic E-state index is 12.5. The van der Waals surface area contributed by atoms with Gasteiger partial charge >= 0.3 is 52.8 Å². The zero-order valence-electron chi connectivity index (χ0n) is 28.0. The molecule has 267 valence electrons. The summed E-state index contributed by atoms with van der Waals surface area (Å²) in [5.41, 5.74) is 0.0349. The van der Waals surface area contributed by atoms with Gasteiger partial charge in [0.2, 0.25) is 5.78 Å². The van der Waals surface area contributed by atoms with Gasteiger partial charge in [0.1, 0.15) is 11.4 Å². The van der Waals surface area contributed by atoms with E-state index in [4.69, 9.17) is 23.2 Å². The standard InChI is InChI=1S/C16H12ClN5O4.C16H10ClN5O4.Cr.Na/c2*1-9-15(16(24)21(20-9)13-5-3-2-4-11(13)17)19-18-12-8-10(22(25)26)6-7-14(12)23;;/h2-8,23-24H,1H3;2-8H,1H3;;/q;-2;+3;+1/p-2. The van der Waals surface area contributed by atoms with E-state index in [1.54, 1.807) is 62.4 Å². The van der Waals surface area contributed by atoms with Gasteiger partial charge in [0.25, 0.3) is 5.69 Å². The van der Waals surface area contributed by atoms with Crippen molar-refractivity contribution in [3.8, 4) is 17.3 Å². The summed E-state index contributed by atoms with van der Waals surface area (Å²) in [4.78, 5) is 34.4. The van der Waals surface area contributed by atoms with Gasteiger partial charge in [-0.05, 0) is 56.3 Å². The first-order chi connectivity index (χ1) is 24.8. The fourth-order valence-corrected chi connectivity index (χ4v) is 4.83. The molecule has 4 aromatic rings. The molecule has 0 atom stereocenters. The van der Waals surface area contributed by atoms with Gasteiger partial charge in [-0.2, -0.15) is 20.3 Å². The summed E-state index contributed by atoms with van der Waals surface area (Å²) in [6.07, 6.45) is 3.08. The number of aryl methyl sites for hydroxylation is 1. The fraction of sp³-hybridized carbons (Fsp3) is 0.0625. The summed E-state index contributed by atoms with van der Waals surface area (Å²) in [5, 5.41) is 80.9. The second-order valence-corrected chi connectivity index (χ2v) is 11.2. The van der Waals surface area contributed by atoms with E-state index >= 15 is 0 Å². The normalized spacial score (nSPS) is 15.0. The number of amides is 1. The van der Waals surface area contributed by atoms with E-state index in [1.807, 2.05) is 0 Å². The largest absolute Gasteiger partial charge is 3.00 e. The van der Waals surface area contributed by atoms with Crippen LogP contribution in [0.15, 0.2) is 116 Å². The van der Waals surface area contributed by atoms with Crippen molar-refractivity contribution in [3.05, 3.63) is 127 Å². The van der Waals surface area contributed by atoms with Gasteiger partial charge in [0, 0.05) is 23.7 Å². The van der Waals surface area contributed by atoms with Crippen molar-refractivity contribution < 1.29 is 71.6 Å². The number of nitrogens with zero attached hydrogens (tertiary/aromatic N) is 10. The number of ketones is 1. The van der Waals surface area contributed by atoms with Gasteiger partial charge in [-0.3, -0.25) is 19.7 Å². The summed E-state index contributed by atoms with van der Waals surface area (Å²) in [6.45, 7) is 3.10. The van der Waals surface area contributed by atoms with Crippen LogP contribution in [0.1, 0.15) is 12.6 Å². The number of benzene rings is 3. The molecule has 0 bridgehead atoms. The van der Waals surface area contributed by atoms with Crippen LogP contribution in [0.3, 0.4) is 0 Å². The van der Waals surface area contributed by atoms with Gasteiger partial charge in [-0.1, -0.05) is 59.3 Å². The molecule has 18 nitrogen and oxygen atoms in total. The van der Waals surface area contributed by atoms with Crippen LogP contribution < -0.4 is 44.8 Å². The third-order valence-electron chi connectivity index (χ3n) is 6.96. The van der Waals surface area contributed by atoms with Crippen LogP contribution in [-0.2, 0) is 27.0 Å².